The average Bonchev–Trinajstić information content (AvgIpc) is 3.53. The molecular formula is C24H30FN5O5S. The Morgan fingerprint density at radius 2 is 2.08 bits per heavy atom. The zero-order chi connectivity index (χ0) is 26.3. The number of carboxylic acid groups (broad SMARTS) is 1. The maximum atomic E-state index is 13.5. The van der Waals surface area contributed by atoms with Crippen LogP contribution in [0.2, 0.25) is 0 Å². The summed E-state index contributed by atoms with van der Waals surface area (Å²) in [4.78, 5) is 44.4. The molecule has 0 unspecified atom stereocenters. The molecule has 0 aliphatic rings. The number of imidazole rings is 1. The number of carbonyl (C=O) groups is 3. The number of aliphatic carboxylic acids is 1. The summed E-state index contributed by atoms with van der Waals surface area (Å²) in [5.74, 6) is -1.54. The van der Waals surface area contributed by atoms with Gasteiger partial charge in [0.15, 0.2) is 5.13 Å². The van der Waals surface area contributed by atoms with E-state index in [-0.39, 0.29) is 30.7 Å². The number of hydrogen-bond acceptors (Lipinski definition) is 7. The van der Waals surface area contributed by atoms with E-state index in [9.17, 15) is 14.0 Å². The Kier molecular flexibility index (Phi) is 12.2. The van der Waals surface area contributed by atoms with E-state index in [0.29, 0.717) is 29.5 Å². The molecule has 3 rings (SSSR count). The van der Waals surface area contributed by atoms with Gasteiger partial charge < -0.3 is 19.7 Å². The van der Waals surface area contributed by atoms with Crippen molar-refractivity contribution in [2.45, 2.75) is 32.7 Å². The molecule has 0 radical (unpaired) electrons. The molecule has 2 aromatic heterocycles. The van der Waals surface area contributed by atoms with E-state index in [2.05, 4.69) is 15.3 Å². The molecule has 194 valence electrons. The summed E-state index contributed by atoms with van der Waals surface area (Å²) < 4.78 is 20.4. The first kappa shape index (κ1) is 28.6. The number of aromatic nitrogens is 3. The van der Waals surface area contributed by atoms with Gasteiger partial charge in [-0.1, -0.05) is 23.5 Å². The minimum atomic E-state index is -0.833. The summed E-state index contributed by atoms with van der Waals surface area (Å²) in [6.07, 6.45) is 8.21. The number of rotatable bonds is 12. The topological polar surface area (TPSA) is 127 Å². The number of aryl methyl sites for hydroxylation is 1. The van der Waals surface area contributed by atoms with Crippen LogP contribution in [0.25, 0.3) is 0 Å². The quantitative estimate of drug-likeness (QED) is 0.352. The number of amides is 2. The molecule has 12 heteroatoms. The van der Waals surface area contributed by atoms with Crippen LogP contribution >= 0.6 is 11.3 Å². The van der Waals surface area contributed by atoms with Crippen LogP contribution in [-0.2, 0) is 27.3 Å². The van der Waals surface area contributed by atoms with E-state index in [4.69, 9.17) is 14.6 Å². The molecule has 0 saturated carbocycles. The van der Waals surface area contributed by atoms with Gasteiger partial charge in [0.1, 0.15) is 10.7 Å². The smallest absolute Gasteiger partial charge is 0.300 e. The number of nitrogens with one attached hydrogen (secondary N) is 1. The molecule has 0 fully saturated rings. The first-order valence-electron chi connectivity index (χ1n) is 11.2. The number of carbonyl (C=O) groups excluding carboxylic acids is 2. The van der Waals surface area contributed by atoms with Crippen molar-refractivity contribution in [3.05, 3.63) is 65.4 Å². The fraction of sp³-hybridized carbons (Fsp3) is 0.375. The molecule has 0 aliphatic heterocycles. The van der Waals surface area contributed by atoms with Gasteiger partial charge in [0.2, 0.25) is 5.91 Å². The van der Waals surface area contributed by atoms with Crippen LogP contribution in [0.5, 0.6) is 0 Å². The second kappa shape index (κ2) is 15.4. The van der Waals surface area contributed by atoms with Crippen LogP contribution in [0.1, 0.15) is 35.0 Å². The highest BCUT2D eigenvalue weighted by Crippen LogP contribution is 2.24. The molecular weight excluding hydrogens is 489 g/mol. The van der Waals surface area contributed by atoms with E-state index in [1.165, 1.54) is 30.3 Å². The van der Waals surface area contributed by atoms with Gasteiger partial charge in [-0.2, -0.15) is 0 Å². The van der Waals surface area contributed by atoms with Gasteiger partial charge in [-0.05, 0) is 30.5 Å². The van der Waals surface area contributed by atoms with Crippen molar-refractivity contribution >= 4 is 34.3 Å². The zero-order valence-corrected chi connectivity index (χ0v) is 21.0. The number of benzene rings is 1. The minimum Gasteiger partial charge on any atom is -0.481 e. The molecule has 2 N–H and O–H groups in total. The van der Waals surface area contributed by atoms with Crippen LogP contribution in [-0.4, -0.2) is 64.2 Å². The average molecular weight is 520 g/mol. The number of thiazole rings is 1. The van der Waals surface area contributed by atoms with Crippen molar-refractivity contribution in [1.82, 2.24) is 19.9 Å². The van der Waals surface area contributed by atoms with Crippen molar-refractivity contribution in [2.75, 3.05) is 31.7 Å². The van der Waals surface area contributed by atoms with Gasteiger partial charge >= 0.3 is 0 Å². The van der Waals surface area contributed by atoms with Gasteiger partial charge in [0.25, 0.3) is 11.9 Å². The number of carboxylic acids is 1. The third-order valence-electron chi connectivity index (χ3n) is 4.72. The number of hydrogen-bond donors (Lipinski definition) is 2. The SMILES string of the molecule is CC(=O)O.COCCC(=O)N(CCc1cccc(F)c1)c1ncc(C(=O)NCCCn2ccnc2)s1. The molecule has 10 nitrogen and oxygen atoms in total. The van der Waals surface area contributed by atoms with Crippen molar-refractivity contribution in [1.29, 1.82) is 0 Å². The molecule has 0 bridgehead atoms. The summed E-state index contributed by atoms with van der Waals surface area (Å²) in [5.41, 5.74) is 0.780. The summed E-state index contributed by atoms with van der Waals surface area (Å²) in [6, 6.07) is 6.28. The summed E-state index contributed by atoms with van der Waals surface area (Å²) >= 11 is 1.16. The molecule has 36 heavy (non-hydrogen) atoms. The second-order valence-corrected chi connectivity index (χ2v) is 8.61. The largest absolute Gasteiger partial charge is 0.481 e. The van der Waals surface area contributed by atoms with Gasteiger partial charge in [-0.25, -0.2) is 14.4 Å². The van der Waals surface area contributed by atoms with Crippen molar-refractivity contribution in [2.24, 2.45) is 0 Å². The van der Waals surface area contributed by atoms with Crippen LogP contribution in [0, 0.1) is 5.82 Å². The highest BCUT2D eigenvalue weighted by molar-refractivity contribution is 7.17. The Morgan fingerprint density at radius 1 is 1.31 bits per heavy atom. The highest BCUT2D eigenvalue weighted by Gasteiger charge is 2.21. The molecule has 2 amide bonds. The van der Waals surface area contributed by atoms with E-state index in [1.54, 1.807) is 18.6 Å². The minimum absolute atomic E-state index is 0.162. The van der Waals surface area contributed by atoms with Crippen LogP contribution < -0.4 is 10.2 Å². The lowest BCUT2D eigenvalue weighted by atomic mass is 10.1. The first-order valence-corrected chi connectivity index (χ1v) is 12.0. The lowest BCUT2D eigenvalue weighted by Gasteiger charge is -2.20. The molecule has 2 heterocycles. The number of halogens is 1. The normalized spacial score (nSPS) is 10.3. The summed E-state index contributed by atoms with van der Waals surface area (Å²) in [6.45, 7) is 2.97. The predicted molar refractivity (Wildman–Crippen MR) is 134 cm³/mol. The monoisotopic (exact) mass is 519 g/mol. The van der Waals surface area contributed by atoms with Gasteiger partial charge in [-0.15, -0.1) is 0 Å². The Labute approximate surface area is 212 Å². The Balaban J connectivity index is 0.00000106. The maximum absolute atomic E-state index is 13.5. The Bertz CT molecular complexity index is 1100. The van der Waals surface area contributed by atoms with Crippen LogP contribution in [0.15, 0.2) is 49.2 Å². The van der Waals surface area contributed by atoms with Crippen molar-refractivity contribution in [3.8, 4) is 0 Å². The van der Waals surface area contributed by atoms with Crippen molar-refractivity contribution < 1.29 is 28.6 Å². The fourth-order valence-corrected chi connectivity index (χ4v) is 3.92. The first-order chi connectivity index (χ1) is 17.3. The van der Waals surface area contributed by atoms with Gasteiger partial charge in [-0.3, -0.25) is 19.3 Å². The molecule has 0 atom stereocenters. The van der Waals surface area contributed by atoms with Gasteiger partial charge in [0.05, 0.1) is 25.6 Å². The number of ether oxygens (including phenoxy) is 1. The number of methoxy groups -OCH3 is 1. The predicted octanol–water partition coefficient (Wildman–Crippen LogP) is 3.00. The van der Waals surface area contributed by atoms with Crippen LogP contribution in [0.3, 0.4) is 0 Å². The lowest BCUT2D eigenvalue weighted by molar-refractivity contribution is -0.134. The third kappa shape index (κ3) is 10.3. The van der Waals surface area contributed by atoms with Crippen LogP contribution in [0.4, 0.5) is 9.52 Å². The van der Waals surface area contributed by atoms with Gasteiger partial charge in [0, 0.05) is 46.1 Å². The number of anilines is 1. The highest BCUT2D eigenvalue weighted by atomic mass is 32.1. The van der Waals surface area contributed by atoms with E-state index in [1.807, 2.05) is 16.8 Å². The second-order valence-electron chi connectivity index (χ2n) is 7.60. The van der Waals surface area contributed by atoms with E-state index >= 15 is 0 Å². The Hall–Kier alpha value is -3.64. The lowest BCUT2D eigenvalue weighted by Crippen LogP contribution is -2.33. The Morgan fingerprint density at radius 3 is 2.75 bits per heavy atom. The summed E-state index contributed by atoms with van der Waals surface area (Å²) in [7, 11) is 1.53. The van der Waals surface area contributed by atoms with E-state index in [0.717, 1.165) is 36.8 Å². The fourth-order valence-electron chi connectivity index (χ4n) is 3.05. The zero-order valence-electron chi connectivity index (χ0n) is 20.2. The standard InChI is InChI=1S/C22H26FN5O3S.C2H4O2/c1-31-13-7-20(29)28(11-6-17-4-2-5-18(23)14-17)22-26-15-19(32-22)21(30)25-8-3-10-27-12-9-24-16-27;1-2(3)4/h2,4-5,9,12,14-16H,3,6-8,10-11,13H2,1H3,(H,25,30);1H3,(H,3,4). The molecule has 3 aromatic rings. The molecule has 1 aromatic carbocycles. The third-order valence-corrected chi connectivity index (χ3v) is 5.74. The molecule has 0 saturated heterocycles. The summed E-state index contributed by atoms with van der Waals surface area (Å²) in [5, 5.41) is 10.7. The maximum Gasteiger partial charge on any atom is 0.300 e. The molecule has 0 aliphatic carbocycles. The molecule has 0 spiro atoms. The van der Waals surface area contributed by atoms with E-state index < -0.39 is 5.97 Å². The number of nitrogens with zero attached hydrogens (tertiary/aromatic N) is 4. The van der Waals surface area contributed by atoms with Crippen molar-refractivity contribution in [3.63, 3.8) is 0 Å².